The predicted octanol–water partition coefficient (Wildman–Crippen LogP) is 4.18. The number of para-hydroxylation sites is 1. The monoisotopic (exact) mass is 449 g/mol. The first-order valence-corrected chi connectivity index (χ1v) is 11.0. The number of anilines is 2. The lowest BCUT2D eigenvalue weighted by molar-refractivity contribution is 0.102. The molecule has 1 N–H and O–H groups in total. The molecule has 0 aliphatic heterocycles. The van der Waals surface area contributed by atoms with Crippen LogP contribution < -0.4 is 15.9 Å². The molecule has 0 saturated heterocycles. The van der Waals surface area contributed by atoms with Crippen LogP contribution in [0.25, 0.3) is 16.0 Å². The zero-order valence-corrected chi connectivity index (χ0v) is 18.3. The van der Waals surface area contributed by atoms with E-state index in [2.05, 4.69) is 10.3 Å². The third-order valence-electron chi connectivity index (χ3n) is 5.27. The molecule has 0 radical (unpaired) electrons. The van der Waals surface area contributed by atoms with Crippen molar-refractivity contribution in [3.8, 4) is 5.69 Å². The second-order valence-corrected chi connectivity index (χ2v) is 8.94. The van der Waals surface area contributed by atoms with Crippen molar-refractivity contribution in [3.05, 3.63) is 75.4 Å². The van der Waals surface area contributed by atoms with Gasteiger partial charge < -0.3 is 10.2 Å². The van der Waals surface area contributed by atoms with Crippen LogP contribution in [0.5, 0.6) is 0 Å². The average Bonchev–Trinajstić information content (AvgIpc) is 3.54. The lowest BCUT2D eigenvalue weighted by Gasteiger charge is -2.14. The van der Waals surface area contributed by atoms with E-state index in [0.717, 1.165) is 22.5 Å². The van der Waals surface area contributed by atoms with Gasteiger partial charge in [-0.1, -0.05) is 18.2 Å². The van der Waals surface area contributed by atoms with Crippen LogP contribution in [0.3, 0.4) is 0 Å². The topological polar surface area (TPSA) is 80.1 Å². The van der Waals surface area contributed by atoms with Crippen LogP contribution in [0.4, 0.5) is 15.9 Å². The molecule has 2 aromatic carbocycles. The van der Waals surface area contributed by atoms with E-state index in [9.17, 15) is 14.0 Å². The molecular formula is C23H20FN5O2S. The van der Waals surface area contributed by atoms with Gasteiger partial charge in [-0.15, -0.1) is 11.3 Å². The van der Waals surface area contributed by atoms with Gasteiger partial charge in [0, 0.05) is 25.6 Å². The fraction of sp³-hybridized carbons (Fsp3) is 0.217. The highest BCUT2D eigenvalue weighted by atomic mass is 32.1. The van der Waals surface area contributed by atoms with Crippen molar-refractivity contribution in [2.75, 3.05) is 24.3 Å². The van der Waals surface area contributed by atoms with Gasteiger partial charge >= 0.3 is 5.69 Å². The molecule has 1 aliphatic rings. The summed E-state index contributed by atoms with van der Waals surface area (Å²) < 4.78 is 16.2. The summed E-state index contributed by atoms with van der Waals surface area (Å²) >= 11 is 1.56. The van der Waals surface area contributed by atoms with E-state index in [1.54, 1.807) is 52.6 Å². The van der Waals surface area contributed by atoms with E-state index in [-0.39, 0.29) is 5.69 Å². The van der Waals surface area contributed by atoms with Gasteiger partial charge in [0.25, 0.3) is 5.91 Å². The number of carbonyl (C=O) groups is 1. The zero-order chi connectivity index (χ0) is 22.4. The third-order valence-corrected chi connectivity index (χ3v) is 6.48. The number of carbonyl (C=O) groups excluding carboxylic acids is 1. The number of thiazole rings is 1. The summed E-state index contributed by atoms with van der Waals surface area (Å²) in [5.41, 5.74) is 0.924. The number of amides is 1. The van der Waals surface area contributed by atoms with Crippen molar-refractivity contribution >= 4 is 39.1 Å². The lowest BCUT2D eigenvalue weighted by atomic mass is 10.1. The van der Waals surface area contributed by atoms with Gasteiger partial charge in [-0.3, -0.25) is 4.79 Å². The van der Waals surface area contributed by atoms with Gasteiger partial charge in [0.15, 0.2) is 11.5 Å². The molecule has 2 aromatic heterocycles. The number of benzene rings is 2. The normalized spacial score (nSPS) is 13.3. The van der Waals surface area contributed by atoms with E-state index >= 15 is 0 Å². The highest BCUT2D eigenvalue weighted by Crippen LogP contribution is 2.44. The highest BCUT2D eigenvalue weighted by molar-refractivity contribution is 7.19. The molecule has 1 fully saturated rings. The quantitative estimate of drug-likeness (QED) is 0.495. The van der Waals surface area contributed by atoms with Crippen molar-refractivity contribution in [2.45, 2.75) is 18.8 Å². The number of aromatic nitrogens is 3. The molecule has 5 rings (SSSR count). The molecule has 32 heavy (non-hydrogen) atoms. The number of fused-ring (bicyclic) bond motifs is 1. The Morgan fingerprint density at radius 3 is 2.66 bits per heavy atom. The van der Waals surface area contributed by atoms with E-state index < -0.39 is 17.4 Å². The van der Waals surface area contributed by atoms with Crippen LogP contribution in [-0.4, -0.2) is 34.5 Å². The molecule has 7 nitrogen and oxygen atoms in total. The van der Waals surface area contributed by atoms with Crippen molar-refractivity contribution in [1.82, 2.24) is 14.5 Å². The van der Waals surface area contributed by atoms with Gasteiger partial charge in [0.1, 0.15) is 10.5 Å². The standard InChI is InChI=1S/C23H20FN5O2S/c1-28(2)19-18-20(26-22(32-18)13-10-11-13)29(23(31)27-19)15-7-5-6-14(12-15)21(30)25-17-9-4-3-8-16(17)24/h3-9,12-13H,10-11H2,1-2H3,(H,25,30). The van der Waals surface area contributed by atoms with Gasteiger partial charge in [-0.25, -0.2) is 18.7 Å². The number of nitrogens with zero attached hydrogens (tertiary/aromatic N) is 4. The SMILES string of the molecule is CN(C)c1nc(=O)n(-c2cccc(C(=O)Nc3ccccc3F)c2)c2nc(C3CC3)sc12. The second-order valence-electron chi connectivity index (χ2n) is 7.91. The number of halogens is 1. The lowest BCUT2D eigenvalue weighted by Crippen LogP contribution is -2.25. The van der Waals surface area contributed by atoms with Gasteiger partial charge in [-0.05, 0) is 43.2 Å². The van der Waals surface area contributed by atoms with Gasteiger partial charge in [-0.2, -0.15) is 4.98 Å². The Balaban J connectivity index is 1.59. The summed E-state index contributed by atoms with van der Waals surface area (Å²) in [6.45, 7) is 0. The molecule has 4 aromatic rings. The molecule has 162 valence electrons. The minimum absolute atomic E-state index is 0.0908. The highest BCUT2D eigenvalue weighted by Gasteiger charge is 2.29. The summed E-state index contributed by atoms with van der Waals surface area (Å²) in [5.74, 6) is 0.0208. The fourth-order valence-corrected chi connectivity index (χ4v) is 4.78. The molecule has 9 heteroatoms. The Bertz CT molecular complexity index is 1410. The number of rotatable bonds is 5. The molecule has 1 saturated carbocycles. The first-order chi connectivity index (χ1) is 15.4. The summed E-state index contributed by atoms with van der Waals surface area (Å²) in [5, 5.41) is 3.57. The van der Waals surface area contributed by atoms with Crippen LogP contribution in [0.2, 0.25) is 0 Å². The molecule has 1 amide bonds. The molecule has 0 bridgehead atoms. The molecule has 0 unspecified atom stereocenters. The van der Waals surface area contributed by atoms with E-state index in [0.29, 0.717) is 28.6 Å². The Kier molecular flexibility index (Phi) is 4.97. The van der Waals surface area contributed by atoms with Crippen LogP contribution in [0.15, 0.2) is 53.3 Å². The number of hydrogen-bond acceptors (Lipinski definition) is 6. The summed E-state index contributed by atoms with van der Waals surface area (Å²) in [4.78, 5) is 36.6. The summed E-state index contributed by atoms with van der Waals surface area (Å²) in [6, 6.07) is 12.6. The molecule has 2 heterocycles. The Hall–Kier alpha value is -3.59. The Labute approximate surface area is 187 Å². The van der Waals surface area contributed by atoms with Crippen molar-refractivity contribution in [1.29, 1.82) is 0 Å². The summed E-state index contributed by atoms with van der Waals surface area (Å²) in [7, 11) is 3.69. The summed E-state index contributed by atoms with van der Waals surface area (Å²) in [6.07, 6.45) is 2.20. The van der Waals surface area contributed by atoms with Gasteiger partial charge in [0.2, 0.25) is 0 Å². The van der Waals surface area contributed by atoms with Crippen molar-refractivity contribution in [2.24, 2.45) is 0 Å². The van der Waals surface area contributed by atoms with E-state index in [1.807, 2.05) is 14.1 Å². The van der Waals surface area contributed by atoms with Crippen molar-refractivity contribution in [3.63, 3.8) is 0 Å². The molecule has 0 atom stereocenters. The molecular weight excluding hydrogens is 429 g/mol. The zero-order valence-electron chi connectivity index (χ0n) is 17.5. The third kappa shape index (κ3) is 3.64. The molecule has 0 spiro atoms. The first kappa shape index (κ1) is 20.3. The van der Waals surface area contributed by atoms with Crippen LogP contribution >= 0.6 is 11.3 Å². The maximum atomic E-state index is 13.9. The smallest absolute Gasteiger partial charge is 0.355 e. The Morgan fingerprint density at radius 2 is 1.94 bits per heavy atom. The maximum absolute atomic E-state index is 13.9. The second kappa shape index (κ2) is 7.83. The van der Waals surface area contributed by atoms with Crippen LogP contribution in [0.1, 0.15) is 34.1 Å². The predicted molar refractivity (Wildman–Crippen MR) is 124 cm³/mol. The van der Waals surface area contributed by atoms with Gasteiger partial charge in [0.05, 0.1) is 16.4 Å². The molecule has 1 aliphatic carbocycles. The van der Waals surface area contributed by atoms with E-state index in [1.165, 1.54) is 16.7 Å². The van der Waals surface area contributed by atoms with Crippen LogP contribution in [-0.2, 0) is 0 Å². The van der Waals surface area contributed by atoms with Crippen molar-refractivity contribution < 1.29 is 9.18 Å². The first-order valence-electron chi connectivity index (χ1n) is 10.2. The average molecular weight is 450 g/mol. The fourth-order valence-electron chi connectivity index (χ4n) is 3.49. The van der Waals surface area contributed by atoms with Crippen LogP contribution in [0, 0.1) is 5.82 Å². The maximum Gasteiger partial charge on any atom is 0.355 e. The van der Waals surface area contributed by atoms with E-state index in [4.69, 9.17) is 4.98 Å². The minimum Gasteiger partial charge on any atom is -0.361 e. The largest absolute Gasteiger partial charge is 0.361 e. The Morgan fingerprint density at radius 1 is 1.16 bits per heavy atom. The number of nitrogens with one attached hydrogen (secondary N) is 1. The minimum atomic E-state index is -0.520. The number of hydrogen-bond donors (Lipinski definition) is 1.